The largest absolute Gasteiger partial charge is 0.272 e. The van der Waals surface area contributed by atoms with Crippen LogP contribution >= 0.6 is 46.3 Å². The number of amides is 1. The highest BCUT2D eigenvalue weighted by Crippen LogP contribution is 2.36. The van der Waals surface area contributed by atoms with Gasteiger partial charge in [-0.3, -0.25) is 14.2 Å². The molecular weight excluding hydrogens is 511 g/mol. The third-order valence-electron chi connectivity index (χ3n) is 5.42. The summed E-state index contributed by atoms with van der Waals surface area (Å²) in [7, 11) is 0. The van der Waals surface area contributed by atoms with Gasteiger partial charge in [-0.1, -0.05) is 53.2 Å². The molecule has 0 radical (unpaired) electrons. The zero-order chi connectivity index (χ0) is 23.7. The van der Waals surface area contributed by atoms with Crippen LogP contribution < -0.4 is 11.0 Å². The Morgan fingerprint density at radius 2 is 1.97 bits per heavy atom. The summed E-state index contributed by atoms with van der Waals surface area (Å²) in [6, 6.07) is 14.2. The van der Waals surface area contributed by atoms with Crippen LogP contribution in [0.15, 0.2) is 63.6 Å². The number of benzene rings is 2. The topological polar surface area (TPSA) is 76.3 Å². The number of nitrogens with one attached hydrogen (secondary N) is 1. The number of nitrogens with zero attached hydrogens (tertiary/aromatic N) is 3. The standard InChI is InChI=1S/C24H18Cl2N4O2S2/c25-15-8-10-16(11-9-15)30-23(32)21-17-5-3-7-19(17)34-22(21)28-24(30)33-13-20(31)29-27-12-14-4-1-2-6-18(14)26/h1-2,4,6,8-12H,3,5,7,13H2,(H,29,31). The number of halogens is 2. The third-order valence-corrected chi connectivity index (χ3v) is 8.14. The number of aromatic nitrogens is 2. The van der Waals surface area contributed by atoms with Crippen molar-refractivity contribution in [3.63, 3.8) is 0 Å². The fourth-order valence-corrected chi connectivity index (χ4v) is 6.27. The van der Waals surface area contributed by atoms with Crippen molar-refractivity contribution in [3.05, 3.63) is 84.9 Å². The number of carbonyl (C=O) groups excluding carboxylic acids is 1. The van der Waals surface area contributed by atoms with Crippen LogP contribution in [0.1, 0.15) is 22.4 Å². The van der Waals surface area contributed by atoms with Crippen molar-refractivity contribution in [3.8, 4) is 5.69 Å². The normalized spacial score (nSPS) is 13.0. The van der Waals surface area contributed by atoms with E-state index in [4.69, 9.17) is 28.2 Å². The van der Waals surface area contributed by atoms with E-state index in [1.165, 1.54) is 22.9 Å². The van der Waals surface area contributed by atoms with Crippen LogP contribution in [0, 0.1) is 0 Å². The highest BCUT2D eigenvalue weighted by atomic mass is 35.5. The first-order chi connectivity index (χ1) is 16.5. The first-order valence-electron chi connectivity index (χ1n) is 10.5. The molecule has 0 bridgehead atoms. The molecule has 0 aliphatic heterocycles. The quantitative estimate of drug-likeness (QED) is 0.155. The Labute approximate surface area is 213 Å². The van der Waals surface area contributed by atoms with Crippen molar-refractivity contribution < 1.29 is 4.79 Å². The van der Waals surface area contributed by atoms with Crippen LogP contribution in [0.2, 0.25) is 10.0 Å². The highest BCUT2D eigenvalue weighted by Gasteiger charge is 2.24. The van der Waals surface area contributed by atoms with Crippen LogP contribution in [0.4, 0.5) is 0 Å². The van der Waals surface area contributed by atoms with E-state index >= 15 is 0 Å². The smallest absolute Gasteiger partial charge is 0.267 e. The van der Waals surface area contributed by atoms with E-state index < -0.39 is 0 Å². The van der Waals surface area contributed by atoms with E-state index in [-0.39, 0.29) is 17.2 Å². The van der Waals surface area contributed by atoms with Gasteiger partial charge in [-0.2, -0.15) is 5.10 Å². The van der Waals surface area contributed by atoms with Gasteiger partial charge in [-0.25, -0.2) is 10.4 Å². The van der Waals surface area contributed by atoms with Gasteiger partial charge in [0.15, 0.2) is 5.16 Å². The van der Waals surface area contributed by atoms with Gasteiger partial charge in [0.05, 0.1) is 23.0 Å². The number of thiophene rings is 1. The van der Waals surface area contributed by atoms with E-state index in [0.29, 0.717) is 31.8 Å². The Kier molecular flexibility index (Phi) is 6.74. The molecule has 5 rings (SSSR count). The van der Waals surface area contributed by atoms with Crippen molar-refractivity contribution in [1.82, 2.24) is 15.0 Å². The van der Waals surface area contributed by atoms with E-state index in [9.17, 15) is 9.59 Å². The number of carbonyl (C=O) groups is 1. The van der Waals surface area contributed by atoms with Gasteiger partial charge in [0.25, 0.3) is 11.5 Å². The van der Waals surface area contributed by atoms with Gasteiger partial charge in [-0.05, 0) is 55.2 Å². The van der Waals surface area contributed by atoms with Crippen molar-refractivity contribution in [2.45, 2.75) is 24.4 Å². The molecule has 1 aliphatic rings. The number of fused-ring (bicyclic) bond motifs is 3. The van der Waals surface area contributed by atoms with Crippen LogP contribution in [-0.4, -0.2) is 27.4 Å². The molecule has 6 nitrogen and oxygen atoms in total. The first-order valence-corrected chi connectivity index (χ1v) is 13.1. The van der Waals surface area contributed by atoms with Crippen molar-refractivity contribution in [2.75, 3.05) is 5.75 Å². The molecule has 1 amide bonds. The summed E-state index contributed by atoms with van der Waals surface area (Å²) in [6.45, 7) is 0. The van der Waals surface area contributed by atoms with E-state index in [0.717, 1.165) is 29.7 Å². The molecule has 2 aromatic carbocycles. The second kappa shape index (κ2) is 9.92. The van der Waals surface area contributed by atoms with Crippen LogP contribution in [-0.2, 0) is 17.6 Å². The number of hydrogen-bond donors (Lipinski definition) is 1. The minimum absolute atomic E-state index is 0.0382. The molecule has 2 heterocycles. The third kappa shape index (κ3) is 4.63. The van der Waals surface area contributed by atoms with Gasteiger partial charge in [0, 0.05) is 20.5 Å². The molecule has 1 aliphatic carbocycles. The molecule has 0 spiro atoms. The number of thioether (sulfide) groups is 1. The lowest BCUT2D eigenvalue weighted by molar-refractivity contribution is -0.118. The predicted octanol–water partition coefficient (Wildman–Crippen LogP) is 5.49. The van der Waals surface area contributed by atoms with Crippen LogP contribution in [0.25, 0.3) is 15.9 Å². The SMILES string of the molecule is O=C(CSc1nc2sc3c(c2c(=O)n1-c1ccc(Cl)cc1)CCC3)NN=Cc1ccccc1Cl. The molecule has 1 N–H and O–H groups in total. The maximum absolute atomic E-state index is 13.6. The Morgan fingerprint density at radius 3 is 2.76 bits per heavy atom. The van der Waals surface area contributed by atoms with Crippen molar-refractivity contribution in [1.29, 1.82) is 0 Å². The predicted molar refractivity (Wildman–Crippen MR) is 140 cm³/mol. The van der Waals surface area contributed by atoms with Gasteiger partial charge in [-0.15, -0.1) is 11.3 Å². The lowest BCUT2D eigenvalue weighted by Gasteiger charge is -2.12. The average Bonchev–Trinajstić information content (AvgIpc) is 3.41. The summed E-state index contributed by atoms with van der Waals surface area (Å²) >= 11 is 14.9. The number of aryl methyl sites for hydroxylation is 2. The number of hydrazone groups is 1. The number of rotatable bonds is 6. The first kappa shape index (κ1) is 23.1. The Morgan fingerprint density at radius 1 is 1.18 bits per heavy atom. The monoisotopic (exact) mass is 528 g/mol. The second-order valence-corrected chi connectivity index (χ2v) is 10.5. The fourth-order valence-electron chi connectivity index (χ4n) is 3.86. The summed E-state index contributed by atoms with van der Waals surface area (Å²) in [5.74, 6) is -0.282. The molecule has 4 aromatic rings. The minimum Gasteiger partial charge on any atom is -0.272 e. The zero-order valence-electron chi connectivity index (χ0n) is 17.8. The molecule has 10 heteroatoms. The van der Waals surface area contributed by atoms with Crippen molar-refractivity contribution in [2.24, 2.45) is 5.10 Å². The summed E-state index contributed by atoms with van der Waals surface area (Å²) in [5, 5.41) is 6.24. The molecule has 172 valence electrons. The lowest BCUT2D eigenvalue weighted by Crippen LogP contribution is -2.24. The molecular formula is C24H18Cl2N4O2S2. The van der Waals surface area contributed by atoms with E-state index in [1.807, 2.05) is 12.1 Å². The van der Waals surface area contributed by atoms with E-state index in [2.05, 4.69) is 10.5 Å². The number of hydrogen-bond acceptors (Lipinski definition) is 6. The summed E-state index contributed by atoms with van der Waals surface area (Å²) in [4.78, 5) is 32.8. The van der Waals surface area contributed by atoms with Crippen LogP contribution in [0.5, 0.6) is 0 Å². The molecule has 0 atom stereocenters. The molecule has 0 fully saturated rings. The van der Waals surface area contributed by atoms with Gasteiger partial charge < -0.3 is 0 Å². The van der Waals surface area contributed by atoms with Gasteiger partial charge in [0.2, 0.25) is 0 Å². The van der Waals surface area contributed by atoms with Crippen molar-refractivity contribution >= 4 is 68.6 Å². The fraction of sp³-hybridized carbons (Fsp3) is 0.167. The summed E-state index contributed by atoms with van der Waals surface area (Å²) in [5.41, 5.74) is 4.85. The van der Waals surface area contributed by atoms with E-state index in [1.54, 1.807) is 52.3 Å². The molecule has 0 unspecified atom stereocenters. The zero-order valence-corrected chi connectivity index (χ0v) is 20.9. The maximum Gasteiger partial charge on any atom is 0.267 e. The van der Waals surface area contributed by atoms with Crippen LogP contribution in [0.3, 0.4) is 0 Å². The molecule has 0 saturated carbocycles. The minimum atomic E-state index is -0.320. The molecule has 34 heavy (non-hydrogen) atoms. The summed E-state index contributed by atoms with van der Waals surface area (Å²) < 4.78 is 1.56. The molecule has 2 aromatic heterocycles. The second-order valence-electron chi connectivity index (χ2n) is 7.65. The Balaban J connectivity index is 1.42. The molecule has 0 saturated heterocycles. The van der Waals surface area contributed by atoms with Gasteiger partial charge in [0.1, 0.15) is 4.83 Å². The highest BCUT2D eigenvalue weighted by molar-refractivity contribution is 7.99. The van der Waals surface area contributed by atoms with Gasteiger partial charge >= 0.3 is 0 Å². The Hall–Kier alpha value is -2.65. The lowest BCUT2D eigenvalue weighted by atomic mass is 10.2. The maximum atomic E-state index is 13.6. The Bertz CT molecular complexity index is 1480. The summed E-state index contributed by atoms with van der Waals surface area (Å²) in [6.07, 6.45) is 4.42. The average molecular weight is 529 g/mol.